The quantitative estimate of drug-likeness (QED) is 0.0659. The van der Waals surface area contributed by atoms with E-state index in [2.05, 4.69) is 25.1 Å². The number of thiazole rings is 1. The van der Waals surface area contributed by atoms with E-state index in [-0.39, 0.29) is 44.7 Å². The molecule has 57 heavy (non-hydrogen) atoms. The lowest BCUT2D eigenvalue weighted by Gasteiger charge is -2.16. The molecule has 0 bridgehead atoms. The van der Waals surface area contributed by atoms with Crippen molar-refractivity contribution in [3.63, 3.8) is 0 Å². The Morgan fingerprint density at radius 3 is 2.02 bits per heavy atom. The van der Waals surface area contributed by atoms with Crippen LogP contribution in [-0.2, 0) is 26.2 Å². The molecule has 0 saturated heterocycles. The second kappa shape index (κ2) is 15.8. The molecule has 6 rings (SSSR count). The van der Waals surface area contributed by atoms with E-state index >= 15 is 0 Å². The van der Waals surface area contributed by atoms with E-state index in [0.717, 1.165) is 59.9 Å². The number of hydrogen-bond donors (Lipinski definition) is 4. The lowest BCUT2D eigenvalue weighted by Crippen LogP contribution is -2.16. The largest absolute Gasteiger partial charge is 0.490 e. The minimum absolute atomic E-state index is 0.0202. The van der Waals surface area contributed by atoms with Crippen LogP contribution in [0.15, 0.2) is 123 Å². The molecule has 0 fully saturated rings. The molecule has 16 nitrogen and oxygen atoms in total. The third-order valence-electron chi connectivity index (χ3n) is 7.76. The lowest BCUT2D eigenvalue weighted by atomic mass is 10.0. The highest BCUT2D eigenvalue weighted by Gasteiger charge is 2.31. The van der Waals surface area contributed by atoms with Gasteiger partial charge in [-0.05, 0) is 90.0 Å². The maximum atomic E-state index is 13.8. The zero-order valence-electron chi connectivity index (χ0n) is 28.7. The molecule has 0 radical (unpaired) electrons. The van der Waals surface area contributed by atoms with E-state index < -0.39 is 69.7 Å². The van der Waals surface area contributed by atoms with Crippen LogP contribution in [0.25, 0.3) is 11.1 Å². The maximum absolute atomic E-state index is 13.8. The number of carbonyl (C=O) groups is 2. The fourth-order valence-electron chi connectivity index (χ4n) is 5.18. The number of nitrogens with zero attached hydrogens (tertiary/aromatic N) is 2. The second-order valence-electron chi connectivity index (χ2n) is 11.6. The summed E-state index contributed by atoms with van der Waals surface area (Å²) in [5, 5.41) is 18.1. The van der Waals surface area contributed by atoms with Crippen molar-refractivity contribution >= 4 is 71.1 Å². The van der Waals surface area contributed by atoms with Gasteiger partial charge in [-0.1, -0.05) is 6.07 Å². The smallest absolute Gasteiger partial charge is 0.416 e. The highest BCUT2D eigenvalue weighted by molar-refractivity contribution is 7.93. The molecule has 2 aromatic heterocycles. The number of anilines is 4. The summed E-state index contributed by atoms with van der Waals surface area (Å²) in [6.45, 7) is 0. The summed E-state index contributed by atoms with van der Waals surface area (Å²) in [5.41, 5.74) is -2.81. The van der Waals surface area contributed by atoms with Crippen molar-refractivity contribution in [2.24, 2.45) is 0 Å². The van der Waals surface area contributed by atoms with Crippen molar-refractivity contribution in [1.29, 1.82) is 0 Å². The molecule has 0 aliphatic heterocycles. The van der Waals surface area contributed by atoms with Crippen LogP contribution in [-0.4, -0.2) is 45.7 Å². The van der Waals surface area contributed by atoms with Gasteiger partial charge >= 0.3 is 11.9 Å². The van der Waals surface area contributed by atoms with Gasteiger partial charge in [0.1, 0.15) is 0 Å². The van der Waals surface area contributed by atoms with Crippen molar-refractivity contribution in [3.05, 3.63) is 136 Å². The zero-order chi connectivity index (χ0) is 41.1. The Hall–Kier alpha value is -6.78. The van der Waals surface area contributed by atoms with Crippen molar-refractivity contribution in [2.75, 3.05) is 27.2 Å². The number of carbonyl (C=O) groups excluding carboxylic acids is 2. The SMILES string of the molecule is COc1ccc(C(=O)Nc2cc(-c3cc(NC(=O)c4ccco4)cc(S(=O)(=O)Nc4cccc(C(F)(F)F)c4)c3)cc(S(=O)(=O)Nc3nccs3)c2)cc1[N+](=O)[O-]. The fourth-order valence-corrected chi connectivity index (χ4v) is 8.16. The van der Waals surface area contributed by atoms with E-state index in [1.807, 2.05) is 0 Å². The first-order chi connectivity index (χ1) is 26.9. The van der Waals surface area contributed by atoms with Crippen LogP contribution in [0, 0.1) is 10.1 Å². The van der Waals surface area contributed by atoms with Gasteiger partial charge in [-0.3, -0.25) is 29.1 Å². The van der Waals surface area contributed by atoms with Gasteiger partial charge in [-0.25, -0.2) is 21.8 Å². The van der Waals surface area contributed by atoms with E-state index in [1.165, 1.54) is 61.3 Å². The van der Waals surface area contributed by atoms with Crippen molar-refractivity contribution in [1.82, 2.24) is 4.98 Å². The molecule has 22 heteroatoms. The number of ether oxygens (including phenoxy) is 1. The molecule has 4 N–H and O–H groups in total. The molecule has 0 aliphatic rings. The van der Waals surface area contributed by atoms with Crippen molar-refractivity contribution in [2.45, 2.75) is 16.0 Å². The average molecular weight is 843 g/mol. The molecule has 294 valence electrons. The predicted octanol–water partition coefficient (Wildman–Crippen LogP) is 7.44. The highest BCUT2D eigenvalue weighted by atomic mass is 32.2. The average Bonchev–Trinajstić information content (AvgIpc) is 3.89. The molecule has 6 aromatic rings. The number of halogens is 3. The number of amides is 2. The fraction of sp³-hybridized carbons (Fsp3) is 0.0571. The van der Waals surface area contributed by atoms with Crippen molar-refractivity contribution < 1.29 is 53.7 Å². The number of furan rings is 1. The molecule has 2 heterocycles. The maximum Gasteiger partial charge on any atom is 0.416 e. The summed E-state index contributed by atoms with van der Waals surface area (Å²) in [5.74, 6) is -2.04. The molecular formula is C35H25F3N6O10S3. The van der Waals surface area contributed by atoms with Gasteiger partial charge in [0.25, 0.3) is 31.9 Å². The number of alkyl halides is 3. The first kappa shape index (κ1) is 39.9. The van der Waals surface area contributed by atoms with Crippen LogP contribution in [0.4, 0.5) is 41.1 Å². The Balaban J connectivity index is 1.48. The van der Waals surface area contributed by atoms with Gasteiger partial charge in [-0.15, -0.1) is 11.3 Å². The third kappa shape index (κ3) is 9.37. The summed E-state index contributed by atoms with van der Waals surface area (Å²) in [7, 11) is -8.02. The Morgan fingerprint density at radius 1 is 0.807 bits per heavy atom. The second-order valence-corrected chi connectivity index (χ2v) is 15.9. The van der Waals surface area contributed by atoms with Crippen LogP contribution in [0.5, 0.6) is 5.75 Å². The summed E-state index contributed by atoms with van der Waals surface area (Å²) < 4.78 is 110. The standard InChI is InChI=1S/C35H25F3N6O10S3/c1-53-30-8-7-20(16-29(30)44(47)48)32(45)40-25-12-21(15-28(18-25)57(51,52)43-34-39-9-11-55-34)22-13-26(41-33(46)31-6-3-10-54-31)19-27(14-22)56(49,50)42-24-5-2-4-23(17-24)35(36,37)38/h2-19,42H,1H3,(H,39,43)(H,40,45)(H,41,46). The summed E-state index contributed by atoms with van der Waals surface area (Å²) in [6, 6.07) is 16.3. The van der Waals surface area contributed by atoms with Crippen LogP contribution in [0.2, 0.25) is 0 Å². The van der Waals surface area contributed by atoms with Gasteiger partial charge in [0, 0.05) is 40.3 Å². The van der Waals surface area contributed by atoms with E-state index in [1.54, 1.807) is 0 Å². The number of nitro benzene ring substituents is 1. The number of rotatable bonds is 13. The third-order valence-corrected chi connectivity index (χ3v) is 11.3. The van der Waals surface area contributed by atoms with E-state index in [4.69, 9.17) is 9.15 Å². The normalized spacial score (nSPS) is 11.7. The molecule has 4 aromatic carbocycles. The molecule has 0 unspecified atom stereocenters. The number of sulfonamides is 2. The number of nitro groups is 1. The Bertz CT molecular complexity index is 2730. The van der Waals surface area contributed by atoms with Crippen LogP contribution in [0.3, 0.4) is 0 Å². The lowest BCUT2D eigenvalue weighted by molar-refractivity contribution is -0.385. The first-order valence-corrected chi connectivity index (χ1v) is 19.7. The molecule has 0 spiro atoms. The minimum Gasteiger partial charge on any atom is -0.490 e. The van der Waals surface area contributed by atoms with Crippen LogP contribution >= 0.6 is 11.3 Å². The molecule has 0 saturated carbocycles. The Labute approximate surface area is 324 Å². The first-order valence-electron chi connectivity index (χ1n) is 15.8. The molecular weight excluding hydrogens is 818 g/mol. The summed E-state index contributed by atoms with van der Waals surface area (Å²) in [4.78, 5) is 40.1. The van der Waals surface area contributed by atoms with Crippen molar-refractivity contribution in [3.8, 4) is 16.9 Å². The number of aromatic nitrogens is 1. The van der Waals surface area contributed by atoms with Gasteiger partial charge in [-0.2, -0.15) is 13.2 Å². The summed E-state index contributed by atoms with van der Waals surface area (Å²) >= 11 is 0.957. The van der Waals surface area contributed by atoms with Gasteiger partial charge in [0.05, 0.1) is 33.7 Å². The predicted molar refractivity (Wildman–Crippen MR) is 201 cm³/mol. The monoisotopic (exact) mass is 842 g/mol. The van der Waals surface area contributed by atoms with E-state index in [9.17, 15) is 49.7 Å². The molecule has 0 aliphatic carbocycles. The zero-order valence-corrected chi connectivity index (χ0v) is 31.2. The Kier molecular flexibility index (Phi) is 11.0. The minimum atomic E-state index is -4.79. The topological polar surface area (TPSA) is 229 Å². The van der Waals surface area contributed by atoms with Crippen LogP contribution in [0.1, 0.15) is 26.5 Å². The number of hydrogen-bond acceptors (Lipinski definition) is 12. The molecule has 0 atom stereocenters. The van der Waals surface area contributed by atoms with Crippen LogP contribution < -0.4 is 24.8 Å². The Morgan fingerprint density at radius 2 is 1.46 bits per heavy atom. The van der Waals surface area contributed by atoms with Gasteiger partial charge in [0.15, 0.2) is 16.6 Å². The van der Waals surface area contributed by atoms with Gasteiger partial charge < -0.3 is 19.8 Å². The van der Waals surface area contributed by atoms with E-state index in [0.29, 0.717) is 6.07 Å². The number of benzene rings is 4. The van der Waals surface area contributed by atoms with Gasteiger partial charge in [0.2, 0.25) is 0 Å². The highest BCUT2D eigenvalue weighted by Crippen LogP contribution is 2.35. The molecule has 2 amide bonds. The summed E-state index contributed by atoms with van der Waals surface area (Å²) in [6.07, 6.45) is -2.23. The number of nitrogens with one attached hydrogen (secondary N) is 4. The number of methoxy groups -OCH3 is 1.